The molecular formula is C17H24N2O3. The van der Waals surface area contributed by atoms with E-state index in [2.05, 4.69) is 12.2 Å². The average Bonchev–Trinajstić information content (AvgIpc) is 2.53. The van der Waals surface area contributed by atoms with Crippen LogP contribution in [0.5, 0.6) is 5.75 Å². The summed E-state index contributed by atoms with van der Waals surface area (Å²) in [5.41, 5.74) is 0.462. The summed E-state index contributed by atoms with van der Waals surface area (Å²) in [5.74, 6) is 0.248. The molecule has 0 aliphatic carbocycles. The Kier molecular flexibility index (Phi) is 5.81. The fourth-order valence-corrected chi connectivity index (χ4v) is 2.76. The van der Waals surface area contributed by atoms with Crippen molar-refractivity contribution >= 4 is 11.8 Å². The number of rotatable bonds is 5. The van der Waals surface area contributed by atoms with E-state index in [1.54, 1.807) is 18.2 Å². The molecule has 2 amide bonds. The molecule has 22 heavy (non-hydrogen) atoms. The van der Waals surface area contributed by atoms with Crippen molar-refractivity contribution in [3.05, 3.63) is 29.8 Å². The molecule has 1 N–H and O–H groups in total. The van der Waals surface area contributed by atoms with E-state index in [0.29, 0.717) is 17.9 Å². The molecule has 2 rings (SSSR count). The number of para-hydroxylation sites is 1. The zero-order chi connectivity index (χ0) is 15.9. The standard InChI is InChI=1S/C17H24N2O3/c1-3-22-15-10-5-4-9-14(15)17(21)18-12-16(20)19-11-7-6-8-13(19)2/h4-5,9-10,13H,3,6-8,11-12H2,1-2H3,(H,18,21). The van der Waals surface area contributed by atoms with Crippen molar-refractivity contribution in [3.63, 3.8) is 0 Å². The number of carbonyl (C=O) groups excluding carboxylic acids is 2. The lowest BCUT2D eigenvalue weighted by Crippen LogP contribution is -2.46. The van der Waals surface area contributed by atoms with E-state index < -0.39 is 0 Å². The van der Waals surface area contributed by atoms with Crippen molar-refractivity contribution in [1.82, 2.24) is 10.2 Å². The third-order valence-electron chi connectivity index (χ3n) is 3.96. The van der Waals surface area contributed by atoms with Gasteiger partial charge in [-0.1, -0.05) is 12.1 Å². The van der Waals surface area contributed by atoms with Crippen LogP contribution < -0.4 is 10.1 Å². The van der Waals surface area contributed by atoms with Crippen LogP contribution in [-0.4, -0.2) is 42.5 Å². The lowest BCUT2D eigenvalue weighted by atomic mass is 10.0. The largest absolute Gasteiger partial charge is 0.493 e. The van der Waals surface area contributed by atoms with Gasteiger partial charge in [-0.25, -0.2) is 0 Å². The van der Waals surface area contributed by atoms with Crippen LogP contribution in [0.25, 0.3) is 0 Å². The number of benzene rings is 1. The normalized spacial score (nSPS) is 17.9. The second kappa shape index (κ2) is 7.82. The molecule has 1 fully saturated rings. The van der Waals surface area contributed by atoms with Gasteiger partial charge >= 0.3 is 0 Å². The van der Waals surface area contributed by atoms with Crippen molar-refractivity contribution in [2.75, 3.05) is 19.7 Å². The zero-order valence-electron chi connectivity index (χ0n) is 13.3. The Bertz CT molecular complexity index is 530. The number of ether oxygens (including phenoxy) is 1. The molecule has 1 atom stereocenters. The Labute approximate surface area is 131 Å². The van der Waals surface area contributed by atoms with Gasteiger partial charge in [0, 0.05) is 12.6 Å². The summed E-state index contributed by atoms with van der Waals surface area (Å²) in [4.78, 5) is 26.3. The van der Waals surface area contributed by atoms with Gasteiger partial charge < -0.3 is 15.0 Å². The smallest absolute Gasteiger partial charge is 0.255 e. The Hall–Kier alpha value is -2.04. The summed E-state index contributed by atoms with van der Waals surface area (Å²) in [6, 6.07) is 7.32. The maximum absolute atomic E-state index is 12.2. The zero-order valence-corrected chi connectivity index (χ0v) is 13.3. The van der Waals surface area contributed by atoms with Crippen LogP contribution in [-0.2, 0) is 4.79 Å². The minimum Gasteiger partial charge on any atom is -0.493 e. The first kappa shape index (κ1) is 16.3. The molecule has 0 spiro atoms. The van der Waals surface area contributed by atoms with Crippen LogP contribution in [0.4, 0.5) is 0 Å². The van der Waals surface area contributed by atoms with Crippen LogP contribution in [0.3, 0.4) is 0 Å². The Morgan fingerprint density at radius 2 is 2.09 bits per heavy atom. The molecule has 5 nitrogen and oxygen atoms in total. The molecule has 5 heteroatoms. The van der Waals surface area contributed by atoms with Gasteiger partial charge in [0.15, 0.2) is 0 Å². The highest BCUT2D eigenvalue weighted by Crippen LogP contribution is 2.18. The molecule has 1 unspecified atom stereocenters. The summed E-state index contributed by atoms with van der Waals surface area (Å²) in [5, 5.41) is 2.71. The second-order valence-electron chi connectivity index (χ2n) is 5.54. The monoisotopic (exact) mass is 304 g/mol. The summed E-state index contributed by atoms with van der Waals surface area (Å²) >= 11 is 0. The Morgan fingerprint density at radius 1 is 1.32 bits per heavy atom. The molecule has 1 saturated heterocycles. The van der Waals surface area contributed by atoms with E-state index >= 15 is 0 Å². The van der Waals surface area contributed by atoms with Crippen molar-refractivity contribution in [1.29, 1.82) is 0 Å². The van der Waals surface area contributed by atoms with Gasteiger partial charge in [-0.3, -0.25) is 9.59 Å². The van der Waals surface area contributed by atoms with E-state index in [9.17, 15) is 9.59 Å². The van der Waals surface area contributed by atoms with E-state index in [1.807, 2.05) is 17.9 Å². The van der Waals surface area contributed by atoms with Crippen LogP contribution in [0.1, 0.15) is 43.5 Å². The lowest BCUT2D eigenvalue weighted by Gasteiger charge is -2.33. The van der Waals surface area contributed by atoms with Gasteiger partial charge in [0.05, 0.1) is 18.7 Å². The predicted molar refractivity (Wildman–Crippen MR) is 85.0 cm³/mol. The first-order chi connectivity index (χ1) is 10.6. The maximum Gasteiger partial charge on any atom is 0.255 e. The number of piperidine rings is 1. The topological polar surface area (TPSA) is 58.6 Å². The second-order valence-corrected chi connectivity index (χ2v) is 5.54. The van der Waals surface area contributed by atoms with Gasteiger partial charge in [0.1, 0.15) is 5.75 Å². The van der Waals surface area contributed by atoms with E-state index in [0.717, 1.165) is 19.4 Å². The molecule has 0 radical (unpaired) electrons. The molecule has 1 aromatic rings. The highest BCUT2D eigenvalue weighted by atomic mass is 16.5. The highest BCUT2D eigenvalue weighted by Gasteiger charge is 2.23. The SMILES string of the molecule is CCOc1ccccc1C(=O)NCC(=O)N1CCCCC1C. The van der Waals surface area contributed by atoms with E-state index in [-0.39, 0.29) is 24.4 Å². The number of hydrogen-bond acceptors (Lipinski definition) is 3. The third-order valence-corrected chi connectivity index (χ3v) is 3.96. The van der Waals surface area contributed by atoms with Crippen LogP contribution >= 0.6 is 0 Å². The van der Waals surface area contributed by atoms with E-state index in [1.165, 1.54) is 6.42 Å². The molecule has 0 bridgehead atoms. The third kappa shape index (κ3) is 4.00. The first-order valence-electron chi connectivity index (χ1n) is 7.93. The summed E-state index contributed by atoms with van der Waals surface area (Å²) in [6.07, 6.45) is 3.24. The summed E-state index contributed by atoms with van der Waals surface area (Å²) in [7, 11) is 0. The Morgan fingerprint density at radius 3 is 2.82 bits per heavy atom. The molecule has 120 valence electrons. The van der Waals surface area contributed by atoms with Crippen LogP contribution in [0.15, 0.2) is 24.3 Å². The number of carbonyl (C=O) groups is 2. The maximum atomic E-state index is 12.2. The Balaban J connectivity index is 1.93. The lowest BCUT2D eigenvalue weighted by molar-refractivity contribution is -0.133. The van der Waals surface area contributed by atoms with Gasteiger partial charge in [-0.15, -0.1) is 0 Å². The van der Waals surface area contributed by atoms with Gasteiger partial charge in [0.2, 0.25) is 5.91 Å². The summed E-state index contributed by atoms with van der Waals surface area (Å²) < 4.78 is 5.44. The molecular weight excluding hydrogens is 280 g/mol. The average molecular weight is 304 g/mol. The fourth-order valence-electron chi connectivity index (χ4n) is 2.76. The minimum atomic E-state index is -0.276. The molecule has 1 aliphatic rings. The van der Waals surface area contributed by atoms with Gasteiger partial charge in [-0.2, -0.15) is 0 Å². The molecule has 1 aromatic carbocycles. The van der Waals surface area contributed by atoms with Gasteiger partial charge in [0.25, 0.3) is 5.91 Å². The number of likely N-dealkylation sites (tertiary alicyclic amines) is 1. The van der Waals surface area contributed by atoms with Crippen LogP contribution in [0, 0.1) is 0 Å². The number of nitrogens with one attached hydrogen (secondary N) is 1. The molecule has 1 aliphatic heterocycles. The first-order valence-corrected chi connectivity index (χ1v) is 7.93. The highest BCUT2D eigenvalue weighted by molar-refractivity contribution is 5.98. The van der Waals surface area contributed by atoms with Crippen molar-refractivity contribution < 1.29 is 14.3 Å². The number of hydrogen-bond donors (Lipinski definition) is 1. The quantitative estimate of drug-likeness (QED) is 0.907. The van der Waals surface area contributed by atoms with Crippen molar-refractivity contribution in [3.8, 4) is 5.75 Å². The fraction of sp³-hybridized carbons (Fsp3) is 0.529. The van der Waals surface area contributed by atoms with Gasteiger partial charge in [-0.05, 0) is 45.2 Å². The van der Waals surface area contributed by atoms with Crippen LogP contribution in [0.2, 0.25) is 0 Å². The predicted octanol–water partition coefficient (Wildman–Crippen LogP) is 2.22. The summed E-state index contributed by atoms with van der Waals surface area (Å²) in [6.45, 7) is 5.24. The van der Waals surface area contributed by atoms with Crippen molar-refractivity contribution in [2.24, 2.45) is 0 Å². The van der Waals surface area contributed by atoms with E-state index in [4.69, 9.17) is 4.74 Å². The minimum absolute atomic E-state index is 0.0190. The molecule has 1 heterocycles. The number of amides is 2. The molecule has 0 saturated carbocycles. The molecule has 0 aromatic heterocycles. The van der Waals surface area contributed by atoms with Crippen molar-refractivity contribution in [2.45, 2.75) is 39.2 Å². The number of nitrogens with zero attached hydrogens (tertiary/aromatic N) is 1.